The Morgan fingerprint density at radius 3 is 2.88 bits per heavy atom. The molecule has 126 valence electrons. The van der Waals surface area contributed by atoms with Gasteiger partial charge in [-0.25, -0.2) is 9.37 Å². The van der Waals surface area contributed by atoms with Gasteiger partial charge in [-0.1, -0.05) is 23.2 Å². The van der Waals surface area contributed by atoms with Gasteiger partial charge in [-0.15, -0.1) is 11.3 Å². The van der Waals surface area contributed by atoms with Gasteiger partial charge in [0.1, 0.15) is 5.82 Å². The predicted octanol–water partition coefficient (Wildman–Crippen LogP) is 5.96. The lowest BCUT2D eigenvalue weighted by molar-refractivity contribution is 0.489. The highest BCUT2D eigenvalue weighted by Crippen LogP contribution is 2.37. The van der Waals surface area contributed by atoms with Crippen LogP contribution in [-0.2, 0) is 4.18 Å². The summed E-state index contributed by atoms with van der Waals surface area (Å²) < 4.78 is 20.8. The number of thiazole rings is 1. The Morgan fingerprint density at radius 2 is 2.17 bits per heavy atom. The van der Waals surface area contributed by atoms with Crippen LogP contribution in [0.1, 0.15) is 18.7 Å². The number of anilines is 1. The van der Waals surface area contributed by atoms with Crippen molar-refractivity contribution in [3.8, 4) is 0 Å². The van der Waals surface area contributed by atoms with Gasteiger partial charge in [0.25, 0.3) is 0 Å². The normalized spacial score (nSPS) is 12.5. The Balaban J connectivity index is 1.97. The van der Waals surface area contributed by atoms with Crippen LogP contribution in [0.2, 0.25) is 10.0 Å². The molecule has 0 saturated carbocycles. The summed E-state index contributed by atoms with van der Waals surface area (Å²) in [4.78, 5) is 8.64. The van der Waals surface area contributed by atoms with E-state index in [1.807, 2.05) is 6.92 Å². The first-order chi connectivity index (χ1) is 11.5. The number of aromatic nitrogens is 2. The molecule has 0 amide bonds. The average molecular weight is 404 g/mol. The molecule has 2 heterocycles. The smallest absolute Gasteiger partial charge is 0.178 e. The zero-order chi connectivity index (χ0) is 17.3. The maximum atomic E-state index is 14.4. The molecule has 24 heavy (non-hydrogen) atoms. The fourth-order valence-electron chi connectivity index (χ4n) is 2.22. The van der Waals surface area contributed by atoms with Crippen molar-refractivity contribution in [1.82, 2.24) is 9.97 Å². The molecule has 0 spiro atoms. The van der Waals surface area contributed by atoms with Crippen molar-refractivity contribution in [3.63, 3.8) is 0 Å². The van der Waals surface area contributed by atoms with E-state index in [0.717, 1.165) is 12.0 Å². The molecule has 0 fully saturated rings. The van der Waals surface area contributed by atoms with E-state index < -0.39 is 0 Å². The number of rotatable bonds is 5. The van der Waals surface area contributed by atoms with Gasteiger partial charge >= 0.3 is 0 Å². The highest BCUT2D eigenvalue weighted by Gasteiger charge is 2.18. The quantitative estimate of drug-likeness (QED) is 0.532. The van der Waals surface area contributed by atoms with E-state index in [4.69, 9.17) is 27.4 Å². The molecule has 0 aliphatic heterocycles. The van der Waals surface area contributed by atoms with E-state index in [-0.39, 0.29) is 11.9 Å². The molecule has 1 aromatic carbocycles. The van der Waals surface area contributed by atoms with Gasteiger partial charge in [0.05, 0.1) is 56.8 Å². The Hall–Kier alpha value is -1.12. The van der Waals surface area contributed by atoms with E-state index in [1.54, 1.807) is 19.2 Å². The number of pyridine rings is 1. The summed E-state index contributed by atoms with van der Waals surface area (Å²) in [7, 11) is 1.56. The molecule has 3 aromatic rings. The molecular weight excluding hydrogens is 392 g/mol. The topological polar surface area (TPSA) is 47.0 Å². The number of nitrogens with one attached hydrogen (secondary N) is 1. The first kappa shape index (κ1) is 17.7. The van der Waals surface area contributed by atoms with Crippen LogP contribution in [0.4, 0.5) is 10.1 Å². The summed E-state index contributed by atoms with van der Waals surface area (Å²) in [5, 5.41) is 4.02. The third-order valence-corrected chi connectivity index (χ3v) is 5.50. The minimum Gasteiger partial charge on any atom is -0.373 e. The molecular formula is C15H12Cl2FN3OS2. The van der Waals surface area contributed by atoms with Gasteiger partial charge in [-0.3, -0.25) is 4.98 Å². The Labute approximate surface area is 156 Å². The van der Waals surface area contributed by atoms with E-state index in [0.29, 0.717) is 36.0 Å². The summed E-state index contributed by atoms with van der Waals surface area (Å²) in [6.07, 6.45) is 1.51. The third kappa shape index (κ3) is 3.60. The van der Waals surface area contributed by atoms with Crippen LogP contribution in [0.3, 0.4) is 0 Å². The number of benzene rings is 1. The molecule has 0 aliphatic rings. The van der Waals surface area contributed by atoms with Crippen LogP contribution in [0.15, 0.2) is 28.7 Å². The predicted molar refractivity (Wildman–Crippen MR) is 98.7 cm³/mol. The number of nitrogens with zero attached hydrogens (tertiary/aromatic N) is 2. The van der Waals surface area contributed by atoms with Crippen LogP contribution in [0, 0.1) is 5.82 Å². The van der Waals surface area contributed by atoms with E-state index in [9.17, 15) is 4.39 Å². The third-order valence-electron chi connectivity index (χ3n) is 3.25. The molecule has 0 bridgehead atoms. The zero-order valence-electron chi connectivity index (χ0n) is 12.6. The van der Waals surface area contributed by atoms with Crippen molar-refractivity contribution in [2.24, 2.45) is 0 Å². The van der Waals surface area contributed by atoms with Crippen LogP contribution in [0.25, 0.3) is 10.2 Å². The SMILES string of the molecule is COSc1nc2ccc(F)c(NC(C)c3ncc(Cl)cc3Cl)c2s1. The van der Waals surface area contributed by atoms with Crippen molar-refractivity contribution < 1.29 is 8.57 Å². The number of fused-ring (bicyclic) bond motifs is 1. The van der Waals surface area contributed by atoms with Crippen molar-refractivity contribution in [2.45, 2.75) is 17.3 Å². The van der Waals surface area contributed by atoms with Gasteiger partial charge in [0.15, 0.2) is 4.34 Å². The van der Waals surface area contributed by atoms with Crippen molar-refractivity contribution in [1.29, 1.82) is 0 Å². The highest BCUT2D eigenvalue weighted by atomic mass is 35.5. The molecule has 9 heteroatoms. The summed E-state index contributed by atoms with van der Waals surface area (Å²) >= 11 is 14.6. The van der Waals surface area contributed by atoms with E-state index in [1.165, 1.54) is 23.6 Å². The fourth-order valence-corrected chi connectivity index (χ4v) is 4.43. The lowest BCUT2D eigenvalue weighted by atomic mass is 10.2. The van der Waals surface area contributed by atoms with Crippen molar-refractivity contribution in [3.05, 3.63) is 46.0 Å². The maximum Gasteiger partial charge on any atom is 0.178 e. The summed E-state index contributed by atoms with van der Waals surface area (Å²) in [5.74, 6) is -0.364. The monoisotopic (exact) mass is 403 g/mol. The minimum atomic E-state index is -0.364. The second-order valence-corrected chi connectivity index (χ2v) is 7.87. The molecule has 4 nitrogen and oxygen atoms in total. The number of hydrogen-bond acceptors (Lipinski definition) is 6. The van der Waals surface area contributed by atoms with Crippen molar-refractivity contribution in [2.75, 3.05) is 12.4 Å². The zero-order valence-corrected chi connectivity index (χ0v) is 15.8. The van der Waals surface area contributed by atoms with Gasteiger partial charge in [-0.2, -0.15) is 0 Å². The Kier molecular flexibility index (Phi) is 5.46. The Morgan fingerprint density at radius 1 is 1.38 bits per heavy atom. The van der Waals surface area contributed by atoms with Crippen LogP contribution >= 0.6 is 46.6 Å². The first-order valence-electron chi connectivity index (χ1n) is 6.86. The first-order valence-corrected chi connectivity index (χ1v) is 9.18. The largest absolute Gasteiger partial charge is 0.373 e. The number of hydrogen-bond donors (Lipinski definition) is 1. The molecule has 0 aliphatic carbocycles. The molecule has 2 aromatic heterocycles. The van der Waals surface area contributed by atoms with E-state index >= 15 is 0 Å². The minimum absolute atomic E-state index is 0.310. The summed E-state index contributed by atoms with van der Waals surface area (Å²) in [6.45, 7) is 1.85. The van der Waals surface area contributed by atoms with E-state index in [2.05, 4.69) is 15.3 Å². The molecule has 1 N–H and O–H groups in total. The fraction of sp³-hybridized carbons (Fsp3) is 0.200. The van der Waals surface area contributed by atoms with Crippen molar-refractivity contribution >= 4 is 62.5 Å². The second-order valence-electron chi connectivity index (χ2n) is 4.89. The molecule has 1 atom stereocenters. The maximum absolute atomic E-state index is 14.4. The van der Waals surface area contributed by atoms with Gasteiger partial charge in [0.2, 0.25) is 0 Å². The summed E-state index contributed by atoms with van der Waals surface area (Å²) in [5.41, 5.74) is 1.66. The summed E-state index contributed by atoms with van der Waals surface area (Å²) in [6, 6.07) is 4.33. The molecule has 1 unspecified atom stereocenters. The molecule has 0 radical (unpaired) electrons. The van der Waals surface area contributed by atoms with Gasteiger partial charge in [0, 0.05) is 6.20 Å². The lowest BCUT2D eigenvalue weighted by Crippen LogP contribution is -2.10. The standard InChI is InChI=1S/C15H12Cl2FN3OS2/c1-7(12-9(17)5-8(16)6-19-12)20-13-10(18)3-4-11-14(13)23-15(21-11)24-22-2/h3-7,20H,1-2H3. The van der Waals surface area contributed by atoms with Gasteiger partial charge < -0.3 is 9.50 Å². The van der Waals surface area contributed by atoms with Crippen LogP contribution in [0.5, 0.6) is 0 Å². The van der Waals surface area contributed by atoms with Crippen LogP contribution < -0.4 is 5.32 Å². The number of halogens is 3. The van der Waals surface area contributed by atoms with Gasteiger partial charge in [-0.05, 0) is 25.1 Å². The molecule has 3 rings (SSSR count). The average Bonchev–Trinajstić information content (AvgIpc) is 2.93. The highest BCUT2D eigenvalue weighted by molar-refractivity contribution is 7.96. The van der Waals surface area contributed by atoms with Crippen LogP contribution in [-0.4, -0.2) is 17.1 Å². The second kappa shape index (κ2) is 7.41. The Bertz CT molecular complexity index is 891. The molecule has 0 saturated heterocycles. The lowest BCUT2D eigenvalue weighted by Gasteiger charge is -2.17.